The number of benzene rings is 15. The lowest BCUT2D eigenvalue weighted by Crippen LogP contribution is -2.33. The van der Waals surface area contributed by atoms with Crippen molar-refractivity contribution in [2.45, 2.75) is 6.17 Å². The maximum atomic E-state index is 7.03. The molecule has 0 amide bonds. The van der Waals surface area contributed by atoms with Crippen molar-refractivity contribution in [3.63, 3.8) is 0 Å². The summed E-state index contributed by atoms with van der Waals surface area (Å²) in [5.74, 6) is 3.01. The van der Waals surface area contributed by atoms with Crippen molar-refractivity contribution in [2.24, 2.45) is 9.98 Å². The van der Waals surface area contributed by atoms with Crippen LogP contribution in [0.25, 0.3) is 188 Å². The second-order valence-electron chi connectivity index (χ2n) is 25.7. The number of amidine groups is 2. The standard InChI is InChI=1S/C90H52N6O4/c1-3-20-53(21-4-1)85-91-87(95-89(93-85)70-46-44-65(84-81(70)68-31-15-18-34-76(68)99-84)72-50-78-79(63-27-11-9-25-60(63)72)66-29-13-16-32-74(66)97-78)55-38-36-52(37-39-55)71-49-73-62-42-41-57(48-77(62)100-82(73)64-28-12-10-26-61(64)71)59-43-45-69(80-67-30-14-17-33-75(67)98-83(59)80)90-94-86(54-22-5-2-6-23-54)92-88(96-90)58-40-35-51-19-7-8-24-56(51)47-58/h1-50,88H,(H,92,94,96). The molecule has 0 spiro atoms. The molecule has 5 aromatic heterocycles. The third-order valence-corrected chi connectivity index (χ3v) is 20.0. The molecule has 0 fully saturated rings. The highest BCUT2D eigenvalue weighted by atomic mass is 16.3. The van der Waals surface area contributed by atoms with Crippen LogP contribution in [0.3, 0.4) is 0 Å². The summed E-state index contributed by atoms with van der Waals surface area (Å²) in [4.78, 5) is 26.6. The smallest absolute Gasteiger partial charge is 0.164 e. The van der Waals surface area contributed by atoms with Gasteiger partial charge in [0.15, 0.2) is 23.3 Å². The third-order valence-electron chi connectivity index (χ3n) is 20.0. The van der Waals surface area contributed by atoms with Gasteiger partial charge in [-0.1, -0.05) is 231 Å². The number of rotatable bonds is 9. The summed E-state index contributed by atoms with van der Waals surface area (Å²) in [6.07, 6.45) is -0.398. The van der Waals surface area contributed by atoms with Crippen molar-refractivity contribution in [2.75, 3.05) is 0 Å². The summed E-state index contributed by atoms with van der Waals surface area (Å²) in [6.45, 7) is 0. The van der Waals surface area contributed by atoms with E-state index < -0.39 is 6.17 Å². The monoisotopic (exact) mass is 1280 g/mol. The molecule has 1 aliphatic rings. The van der Waals surface area contributed by atoms with Crippen LogP contribution in [0.4, 0.5) is 0 Å². The van der Waals surface area contributed by atoms with Crippen LogP contribution < -0.4 is 5.32 Å². The lowest BCUT2D eigenvalue weighted by molar-refractivity contribution is 0.668. The van der Waals surface area contributed by atoms with Crippen LogP contribution in [0.15, 0.2) is 331 Å². The molecule has 0 bridgehead atoms. The minimum atomic E-state index is -0.398. The van der Waals surface area contributed by atoms with E-state index in [1.54, 1.807) is 0 Å². The average Bonchev–Trinajstić information content (AvgIpc) is 1.54. The van der Waals surface area contributed by atoms with E-state index in [1.165, 1.54) is 5.39 Å². The predicted octanol–water partition coefficient (Wildman–Crippen LogP) is 23.4. The average molecular weight is 1280 g/mol. The highest BCUT2D eigenvalue weighted by Gasteiger charge is 2.28. The fourth-order valence-corrected chi connectivity index (χ4v) is 15.3. The van der Waals surface area contributed by atoms with E-state index >= 15 is 0 Å². The molecular weight excluding hydrogens is 1230 g/mol. The molecule has 10 heteroatoms. The van der Waals surface area contributed by atoms with E-state index in [-0.39, 0.29) is 0 Å². The van der Waals surface area contributed by atoms with Gasteiger partial charge in [-0.15, -0.1) is 0 Å². The van der Waals surface area contributed by atoms with Crippen LogP contribution in [-0.4, -0.2) is 26.6 Å². The van der Waals surface area contributed by atoms with Gasteiger partial charge in [0.1, 0.15) is 56.7 Å². The Morgan fingerprint density at radius 2 is 0.780 bits per heavy atom. The molecule has 10 nitrogen and oxygen atoms in total. The van der Waals surface area contributed by atoms with Crippen molar-refractivity contribution in [3.8, 4) is 67.5 Å². The largest absolute Gasteiger partial charge is 0.456 e. The molecule has 21 rings (SSSR count). The zero-order valence-electron chi connectivity index (χ0n) is 53.3. The molecule has 1 atom stereocenters. The molecule has 15 aromatic carbocycles. The molecule has 1 N–H and O–H groups in total. The van der Waals surface area contributed by atoms with Crippen molar-refractivity contribution < 1.29 is 17.7 Å². The van der Waals surface area contributed by atoms with E-state index in [4.69, 9.17) is 42.6 Å². The van der Waals surface area contributed by atoms with Crippen LogP contribution in [0, 0.1) is 0 Å². The van der Waals surface area contributed by atoms with Gasteiger partial charge < -0.3 is 23.0 Å². The van der Waals surface area contributed by atoms with Gasteiger partial charge in [0.05, 0.1) is 0 Å². The Labute approximate surface area is 570 Å². The topological polar surface area (TPSA) is 128 Å². The first kappa shape index (κ1) is 55.7. The molecule has 6 heterocycles. The third kappa shape index (κ3) is 8.80. The maximum absolute atomic E-state index is 7.03. The van der Waals surface area contributed by atoms with E-state index in [9.17, 15) is 0 Å². The Kier molecular flexibility index (Phi) is 12.2. The normalized spacial score (nSPS) is 13.5. The van der Waals surface area contributed by atoms with Crippen LogP contribution in [-0.2, 0) is 0 Å². The zero-order valence-corrected chi connectivity index (χ0v) is 53.3. The van der Waals surface area contributed by atoms with E-state index in [1.807, 2.05) is 84.9 Å². The second-order valence-corrected chi connectivity index (χ2v) is 25.7. The number of nitrogens with zero attached hydrogens (tertiary/aromatic N) is 5. The SMILES string of the molecule is c1ccc(C2=NC(c3ccc(-c4ccc5c(c4)oc4c6ccccc6c(-c6ccc(-c7nc(-c8ccccc8)nc(-c8ccc(-c9cc%10oc%11ccccc%11c%10c%10ccccc9%10)c9oc%10ccccc%10c89)n7)cc6)cc54)c4oc5ccccc5c34)=NC(c3ccc4ccccc4c3)N2)cc1. The van der Waals surface area contributed by atoms with Crippen molar-refractivity contribution in [3.05, 3.63) is 320 Å². The molecule has 1 unspecified atom stereocenters. The maximum Gasteiger partial charge on any atom is 0.164 e. The zero-order chi connectivity index (χ0) is 65.5. The summed E-state index contributed by atoms with van der Waals surface area (Å²) >= 11 is 0. The number of hydrogen-bond acceptors (Lipinski definition) is 10. The number of nitrogens with one attached hydrogen (secondary N) is 1. The first-order valence-electron chi connectivity index (χ1n) is 33.5. The summed E-state index contributed by atoms with van der Waals surface area (Å²) in [6, 6.07) is 105. The fourth-order valence-electron chi connectivity index (χ4n) is 15.3. The molecule has 0 saturated carbocycles. The van der Waals surface area contributed by atoms with Gasteiger partial charge in [-0.3, -0.25) is 0 Å². The highest BCUT2D eigenvalue weighted by molar-refractivity contribution is 6.27. The van der Waals surface area contributed by atoms with Crippen LogP contribution >= 0.6 is 0 Å². The molecule has 100 heavy (non-hydrogen) atoms. The van der Waals surface area contributed by atoms with Crippen LogP contribution in [0.1, 0.15) is 22.9 Å². The molecule has 466 valence electrons. The lowest BCUT2D eigenvalue weighted by Gasteiger charge is -2.24. The Hall–Kier alpha value is -13.6. The summed E-state index contributed by atoms with van der Waals surface area (Å²) in [7, 11) is 0. The molecule has 0 saturated heterocycles. The molecule has 0 radical (unpaired) electrons. The van der Waals surface area contributed by atoms with Crippen molar-refractivity contribution in [1.29, 1.82) is 0 Å². The minimum Gasteiger partial charge on any atom is -0.456 e. The Balaban J connectivity index is 0.665. The number of hydrogen-bond donors (Lipinski definition) is 1. The molecule has 20 aromatic rings. The fraction of sp³-hybridized carbons (Fsp3) is 0.0111. The highest BCUT2D eigenvalue weighted by Crippen LogP contribution is 2.48. The van der Waals surface area contributed by atoms with Crippen molar-refractivity contribution >= 4 is 132 Å². The summed E-state index contributed by atoms with van der Waals surface area (Å²) in [5.41, 5.74) is 17.7. The minimum absolute atomic E-state index is 0.398. The van der Waals surface area contributed by atoms with E-state index in [2.05, 4.69) is 224 Å². The van der Waals surface area contributed by atoms with Gasteiger partial charge in [0, 0.05) is 87.4 Å². The van der Waals surface area contributed by atoms with Gasteiger partial charge in [-0.2, -0.15) is 0 Å². The predicted molar refractivity (Wildman–Crippen MR) is 406 cm³/mol. The van der Waals surface area contributed by atoms with Crippen LogP contribution in [0.2, 0.25) is 0 Å². The first-order chi connectivity index (χ1) is 49.5. The van der Waals surface area contributed by atoms with E-state index in [0.29, 0.717) is 23.3 Å². The van der Waals surface area contributed by atoms with Crippen molar-refractivity contribution in [1.82, 2.24) is 20.3 Å². The van der Waals surface area contributed by atoms with Gasteiger partial charge >= 0.3 is 0 Å². The van der Waals surface area contributed by atoms with Gasteiger partial charge in [0.2, 0.25) is 0 Å². The number of furan rings is 4. The first-order valence-corrected chi connectivity index (χ1v) is 33.5. The van der Waals surface area contributed by atoms with Gasteiger partial charge in [-0.05, 0) is 128 Å². The second kappa shape index (κ2) is 22.0. The van der Waals surface area contributed by atoms with Gasteiger partial charge in [0.25, 0.3) is 0 Å². The Morgan fingerprint density at radius 3 is 1.51 bits per heavy atom. The van der Waals surface area contributed by atoms with Crippen LogP contribution in [0.5, 0.6) is 0 Å². The Morgan fingerprint density at radius 1 is 0.260 bits per heavy atom. The number of aromatic nitrogens is 3. The van der Waals surface area contributed by atoms with Gasteiger partial charge in [-0.25, -0.2) is 24.9 Å². The van der Waals surface area contributed by atoms with E-state index in [0.717, 1.165) is 187 Å². The lowest BCUT2D eigenvalue weighted by atomic mass is 9.92. The summed E-state index contributed by atoms with van der Waals surface area (Å²) < 4.78 is 27.5. The Bertz CT molecular complexity index is 6880. The number of aliphatic imine (C=N–C) groups is 2. The quantitative estimate of drug-likeness (QED) is 0.151. The number of para-hydroxylation sites is 3. The number of fused-ring (bicyclic) bond motifs is 17. The summed E-state index contributed by atoms with van der Waals surface area (Å²) in [5, 5.41) is 18.3. The molecular formula is C90H52N6O4. The molecule has 0 aliphatic carbocycles. The molecule has 1 aliphatic heterocycles.